The minimum absolute atomic E-state index is 0.120. The third kappa shape index (κ3) is 4.81. The van der Waals surface area contributed by atoms with Gasteiger partial charge in [-0.2, -0.15) is 0 Å². The predicted molar refractivity (Wildman–Crippen MR) is 82.0 cm³/mol. The number of hydrogen-bond donors (Lipinski definition) is 2. The topological polar surface area (TPSA) is 71.8 Å². The normalized spacial score (nSPS) is 17.9. The van der Waals surface area contributed by atoms with Crippen LogP contribution in [-0.4, -0.2) is 40.5 Å². The largest absolute Gasteiger partial charge is 0.350 e. The van der Waals surface area contributed by atoms with Crippen LogP contribution in [-0.2, 0) is 6.54 Å². The summed E-state index contributed by atoms with van der Waals surface area (Å²) in [4.78, 5) is 12.1. The van der Waals surface area contributed by atoms with Crippen molar-refractivity contribution in [1.29, 1.82) is 0 Å². The highest BCUT2D eigenvalue weighted by atomic mass is 16.2. The lowest BCUT2D eigenvalue weighted by Crippen LogP contribution is -2.43. The molecule has 1 aromatic heterocycles. The molecule has 0 aliphatic carbocycles. The molecule has 0 aromatic carbocycles. The lowest BCUT2D eigenvalue weighted by atomic mass is 9.81. The minimum atomic E-state index is -0.120. The Morgan fingerprint density at radius 1 is 1.48 bits per heavy atom. The molecule has 2 N–H and O–H groups in total. The van der Waals surface area contributed by atoms with Gasteiger partial charge in [-0.1, -0.05) is 26.0 Å². The van der Waals surface area contributed by atoms with Crippen molar-refractivity contribution in [2.24, 2.45) is 11.3 Å². The maximum Gasteiger partial charge on any atom is 0.273 e. The van der Waals surface area contributed by atoms with E-state index in [1.165, 1.54) is 0 Å². The van der Waals surface area contributed by atoms with Crippen molar-refractivity contribution in [2.45, 2.75) is 46.6 Å². The van der Waals surface area contributed by atoms with Crippen LogP contribution in [0.3, 0.4) is 0 Å². The zero-order valence-corrected chi connectivity index (χ0v) is 13.4. The van der Waals surface area contributed by atoms with Crippen LogP contribution >= 0.6 is 0 Å². The van der Waals surface area contributed by atoms with Crippen LogP contribution in [0, 0.1) is 11.3 Å². The summed E-state index contributed by atoms with van der Waals surface area (Å²) in [5.41, 5.74) is 0.602. The summed E-state index contributed by atoms with van der Waals surface area (Å²) in [6.45, 7) is 10.1. The Bertz CT molecular complexity index is 462. The second-order valence-electron chi connectivity index (χ2n) is 6.79. The fourth-order valence-electron chi connectivity index (χ4n) is 2.49. The van der Waals surface area contributed by atoms with Gasteiger partial charge in [0.25, 0.3) is 5.91 Å². The molecular weight excluding hydrogens is 266 g/mol. The summed E-state index contributed by atoms with van der Waals surface area (Å²) < 4.78 is 1.75. The van der Waals surface area contributed by atoms with Crippen LogP contribution in [0.2, 0.25) is 0 Å². The molecule has 118 valence electrons. The fourth-order valence-corrected chi connectivity index (χ4v) is 2.49. The molecule has 0 bridgehead atoms. The second-order valence-corrected chi connectivity index (χ2v) is 6.79. The summed E-state index contributed by atoms with van der Waals surface area (Å²) in [6, 6.07) is 0. The number of hydrogen-bond acceptors (Lipinski definition) is 4. The summed E-state index contributed by atoms with van der Waals surface area (Å²) in [6.07, 6.45) is 4.96. The first-order chi connectivity index (χ1) is 9.98. The van der Waals surface area contributed by atoms with E-state index in [2.05, 4.69) is 41.7 Å². The van der Waals surface area contributed by atoms with Gasteiger partial charge >= 0.3 is 0 Å². The molecule has 2 rings (SSSR count). The van der Waals surface area contributed by atoms with Crippen molar-refractivity contribution in [3.8, 4) is 0 Å². The highest BCUT2D eigenvalue weighted by molar-refractivity contribution is 5.91. The SMILES string of the molecule is CC(C)CCn1cc(C(=O)NCC2(C)CCNCC2)nn1. The van der Waals surface area contributed by atoms with Crippen molar-refractivity contribution < 1.29 is 4.79 Å². The lowest BCUT2D eigenvalue weighted by molar-refractivity contribution is 0.0917. The van der Waals surface area contributed by atoms with Gasteiger partial charge in [-0.05, 0) is 43.7 Å². The molecule has 1 fully saturated rings. The first-order valence-corrected chi connectivity index (χ1v) is 7.88. The third-order valence-electron chi connectivity index (χ3n) is 4.19. The molecule has 1 amide bonds. The molecule has 0 saturated carbocycles. The van der Waals surface area contributed by atoms with E-state index < -0.39 is 0 Å². The minimum Gasteiger partial charge on any atom is -0.350 e. The maximum atomic E-state index is 12.1. The number of nitrogens with zero attached hydrogens (tertiary/aromatic N) is 3. The smallest absolute Gasteiger partial charge is 0.273 e. The zero-order valence-electron chi connectivity index (χ0n) is 13.4. The standard InChI is InChI=1S/C15H27N5O/c1-12(2)4-9-20-10-13(18-19-20)14(21)17-11-15(3)5-7-16-8-6-15/h10,12,16H,4-9,11H2,1-3H3,(H,17,21). The predicted octanol–water partition coefficient (Wildman–Crippen LogP) is 1.44. The molecule has 1 aliphatic heterocycles. The Morgan fingerprint density at radius 3 is 2.86 bits per heavy atom. The maximum absolute atomic E-state index is 12.1. The van der Waals surface area contributed by atoms with Crippen molar-refractivity contribution >= 4 is 5.91 Å². The Balaban J connectivity index is 1.82. The molecule has 21 heavy (non-hydrogen) atoms. The molecule has 6 heteroatoms. The molecule has 2 heterocycles. The fraction of sp³-hybridized carbons (Fsp3) is 0.800. The summed E-state index contributed by atoms with van der Waals surface area (Å²) in [5, 5.41) is 14.3. The average Bonchev–Trinajstić information content (AvgIpc) is 2.92. The van der Waals surface area contributed by atoms with Crippen molar-refractivity contribution in [3.63, 3.8) is 0 Å². The first-order valence-electron chi connectivity index (χ1n) is 7.88. The number of piperidine rings is 1. The molecule has 1 saturated heterocycles. The highest BCUT2D eigenvalue weighted by Crippen LogP contribution is 2.26. The average molecular weight is 293 g/mol. The number of rotatable bonds is 6. The van der Waals surface area contributed by atoms with Crippen LogP contribution < -0.4 is 10.6 Å². The van der Waals surface area contributed by atoms with Gasteiger partial charge in [-0.25, -0.2) is 0 Å². The van der Waals surface area contributed by atoms with Gasteiger partial charge in [0.15, 0.2) is 5.69 Å². The van der Waals surface area contributed by atoms with Gasteiger partial charge in [-0.15, -0.1) is 5.10 Å². The van der Waals surface area contributed by atoms with E-state index in [9.17, 15) is 4.79 Å². The van der Waals surface area contributed by atoms with E-state index in [1.807, 2.05) is 0 Å². The molecule has 0 spiro atoms. The molecule has 1 aromatic rings. The van der Waals surface area contributed by atoms with Crippen molar-refractivity contribution in [1.82, 2.24) is 25.6 Å². The summed E-state index contributed by atoms with van der Waals surface area (Å²) in [7, 11) is 0. The van der Waals surface area contributed by atoms with Gasteiger partial charge in [0.05, 0.1) is 6.20 Å². The van der Waals surface area contributed by atoms with Crippen LogP contribution in [0.25, 0.3) is 0 Å². The van der Waals surface area contributed by atoms with Gasteiger partial charge in [-0.3, -0.25) is 9.48 Å². The van der Waals surface area contributed by atoms with Crippen LogP contribution in [0.5, 0.6) is 0 Å². The molecule has 0 unspecified atom stereocenters. The summed E-state index contributed by atoms with van der Waals surface area (Å²) >= 11 is 0. The Kier molecular flexibility index (Phi) is 5.33. The second kappa shape index (κ2) is 7.02. The quantitative estimate of drug-likeness (QED) is 0.832. The molecule has 0 radical (unpaired) electrons. The number of carbonyl (C=O) groups excluding carboxylic acids is 1. The van der Waals surface area contributed by atoms with Gasteiger partial charge in [0.1, 0.15) is 0 Å². The Morgan fingerprint density at radius 2 is 2.19 bits per heavy atom. The van der Waals surface area contributed by atoms with E-state index in [4.69, 9.17) is 0 Å². The van der Waals surface area contributed by atoms with Crippen molar-refractivity contribution in [2.75, 3.05) is 19.6 Å². The van der Waals surface area contributed by atoms with Gasteiger partial charge < -0.3 is 10.6 Å². The third-order valence-corrected chi connectivity index (χ3v) is 4.19. The Hall–Kier alpha value is -1.43. The number of carbonyl (C=O) groups is 1. The first kappa shape index (κ1) is 15.9. The number of aryl methyl sites for hydroxylation is 1. The zero-order chi connectivity index (χ0) is 15.3. The van der Waals surface area contributed by atoms with Gasteiger partial charge in [0.2, 0.25) is 0 Å². The molecule has 1 aliphatic rings. The Labute approximate surface area is 126 Å². The van der Waals surface area contributed by atoms with Crippen LogP contribution in [0.1, 0.15) is 50.5 Å². The number of aromatic nitrogens is 3. The molecular formula is C15H27N5O. The summed E-state index contributed by atoms with van der Waals surface area (Å²) in [5.74, 6) is 0.497. The number of amides is 1. The highest BCUT2D eigenvalue weighted by Gasteiger charge is 2.27. The lowest BCUT2D eigenvalue weighted by Gasteiger charge is -2.33. The van der Waals surface area contributed by atoms with E-state index in [1.54, 1.807) is 10.9 Å². The van der Waals surface area contributed by atoms with Crippen LogP contribution in [0.4, 0.5) is 0 Å². The van der Waals surface area contributed by atoms with Gasteiger partial charge in [0, 0.05) is 13.1 Å². The van der Waals surface area contributed by atoms with E-state index in [0.717, 1.165) is 38.9 Å². The molecule has 6 nitrogen and oxygen atoms in total. The monoisotopic (exact) mass is 293 g/mol. The van der Waals surface area contributed by atoms with Crippen LogP contribution in [0.15, 0.2) is 6.20 Å². The van der Waals surface area contributed by atoms with E-state index >= 15 is 0 Å². The molecule has 0 atom stereocenters. The number of nitrogens with one attached hydrogen (secondary N) is 2. The van der Waals surface area contributed by atoms with E-state index in [0.29, 0.717) is 18.2 Å². The van der Waals surface area contributed by atoms with E-state index in [-0.39, 0.29) is 11.3 Å². The van der Waals surface area contributed by atoms with Crippen molar-refractivity contribution in [3.05, 3.63) is 11.9 Å².